The van der Waals surface area contributed by atoms with Crippen LogP contribution in [0.1, 0.15) is 47.2 Å². The van der Waals surface area contributed by atoms with Crippen LogP contribution >= 0.6 is 0 Å². The molecule has 0 spiro atoms. The molecule has 0 aliphatic heterocycles. The summed E-state index contributed by atoms with van der Waals surface area (Å²) in [7, 11) is 0. The minimum absolute atomic E-state index is 0.0805. The van der Waals surface area contributed by atoms with E-state index in [0.29, 0.717) is 0 Å². The minimum atomic E-state index is -0.474. The van der Waals surface area contributed by atoms with Gasteiger partial charge in [-0.3, -0.25) is 0 Å². The first-order valence-corrected chi connectivity index (χ1v) is 20.0. The molecule has 0 heterocycles. The second-order valence-corrected chi connectivity index (χ2v) is 16.1. The van der Waals surface area contributed by atoms with Crippen molar-refractivity contribution in [2.45, 2.75) is 24.7 Å². The van der Waals surface area contributed by atoms with Crippen LogP contribution in [0, 0.1) is 0 Å². The van der Waals surface area contributed by atoms with E-state index in [-0.39, 0.29) is 5.41 Å². The Balaban J connectivity index is 1.05. The van der Waals surface area contributed by atoms with Crippen LogP contribution in [0.2, 0.25) is 0 Å². The molecule has 0 fully saturated rings. The Morgan fingerprint density at radius 2 is 0.807 bits per heavy atom. The summed E-state index contributed by atoms with van der Waals surface area (Å²) in [6.45, 7) is 4.70. The Labute approximate surface area is 335 Å². The van der Waals surface area contributed by atoms with E-state index >= 15 is 0 Å². The molecule has 0 bridgehead atoms. The molecule has 2 aliphatic rings. The van der Waals surface area contributed by atoms with Gasteiger partial charge in [0.25, 0.3) is 0 Å². The van der Waals surface area contributed by atoms with Gasteiger partial charge in [-0.1, -0.05) is 172 Å². The molecule has 1 nitrogen and oxygen atoms in total. The van der Waals surface area contributed by atoms with E-state index in [9.17, 15) is 0 Å². The van der Waals surface area contributed by atoms with Crippen molar-refractivity contribution in [3.63, 3.8) is 0 Å². The molecule has 0 saturated heterocycles. The maximum absolute atomic E-state index is 2.46. The van der Waals surface area contributed by atoms with Crippen molar-refractivity contribution in [2.24, 2.45) is 0 Å². The molecule has 11 rings (SSSR count). The molecule has 0 radical (unpaired) electrons. The lowest BCUT2D eigenvalue weighted by Crippen LogP contribution is -2.28. The summed E-state index contributed by atoms with van der Waals surface area (Å²) in [5, 5.41) is 2.52. The highest BCUT2D eigenvalue weighted by atomic mass is 15.1. The van der Waals surface area contributed by atoms with Gasteiger partial charge >= 0.3 is 0 Å². The van der Waals surface area contributed by atoms with Gasteiger partial charge in [-0.25, -0.2) is 0 Å². The molecule has 9 aromatic carbocycles. The Morgan fingerprint density at radius 1 is 0.316 bits per heavy atom. The summed E-state index contributed by atoms with van der Waals surface area (Å²) in [6.07, 6.45) is 0. The van der Waals surface area contributed by atoms with E-state index in [1.165, 1.54) is 77.5 Å². The third-order valence-corrected chi connectivity index (χ3v) is 12.7. The third-order valence-electron chi connectivity index (χ3n) is 12.7. The molecule has 0 atom stereocenters. The van der Waals surface area contributed by atoms with Crippen LogP contribution in [0.25, 0.3) is 44.2 Å². The van der Waals surface area contributed by atoms with Crippen molar-refractivity contribution in [3.8, 4) is 33.4 Å². The second-order valence-electron chi connectivity index (χ2n) is 16.1. The SMILES string of the molecule is CC1(C)c2ccccc2-c2ccc(N(c3ccccc3)c3ccc(-c4ccc5c(c4)C(c4ccccc4)(c4ccccc4)c4cc6ccccc6cc4-5)cc3)cc21. The van der Waals surface area contributed by atoms with Gasteiger partial charge in [-0.15, -0.1) is 0 Å². The van der Waals surface area contributed by atoms with Gasteiger partial charge in [0.1, 0.15) is 0 Å². The van der Waals surface area contributed by atoms with E-state index in [0.717, 1.165) is 17.1 Å². The lowest BCUT2D eigenvalue weighted by molar-refractivity contribution is 0.660. The first-order chi connectivity index (χ1) is 28.0. The fourth-order valence-corrected chi connectivity index (χ4v) is 10.0. The van der Waals surface area contributed by atoms with E-state index in [1.807, 2.05) is 0 Å². The van der Waals surface area contributed by atoms with Gasteiger partial charge < -0.3 is 4.90 Å². The predicted octanol–water partition coefficient (Wildman–Crippen LogP) is 14.6. The number of nitrogens with zero attached hydrogens (tertiary/aromatic N) is 1. The minimum Gasteiger partial charge on any atom is -0.310 e. The van der Waals surface area contributed by atoms with E-state index in [2.05, 4.69) is 231 Å². The summed E-state index contributed by atoms with van der Waals surface area (Å²) in [5.74, 6) is 0. The molecule has 0 aromatic heterocycles. The van der Waals surface area contributed by atoms with Gasteiger partial charge in [0.05, 0.1) is 5.41 Å². The van der Waals surface area contributed by atoms with Crippen molar-refractivity contribution >= 4 is 27.8 Å². The van der Waals surface area contributed by atoms with E-state index < -0.39 is 5.41 Å². The lowest BCUT2D eigenvalue weighted by atomic mass is 9.67. The summed E-state index contributed by atoms with van der Waals surface area (Å²) in [5.41, 5.74) is 18.5. The number of fused-ring (bicyclic) bond motifs is 7. The fourth-order valence-electron chi connectivity index (χ4n) is 10.0. The Bertz CT molecular complexity index is 2920. The van der Waals surface area contributed by atoms with Gasteiger partial charge in [-0.2, -0.15) is 0 Å². The van der Waals surface area contributed by atoms with Crippen molar-refractivity contribution < 1.29 is 0 Å². The molecule has 9 aromatic rings. The third kappa shape index (κ3) is 5.02. The number of rotatable bonds is 6. The molecule has 0 saturated carbocycles. The number of hydrogen-bond acceptors (Lipinski definition) is 1. The molecule has 1 heteroatoms. The summed E-state index contributed by atoms with van der Waals surface area (Å²) in [4.78, 5) is 2.39. The fraction of sp³-hybridized carbons (Fsp3) is 0.0714. The quantitative estimate of drug-likeness (QED) is 0.165. The van der Waals surface area contributed by atoms with Crippen molar-refractivity contribution in [1.29, 1.82) is 0 Å². The molecule has 0 amide bonds. The number of hydrogen-bond donors (Lipinski definition) is 0. The van der Waals surface area contributed by atoms with Crippen molar-refractivity contribution in [3.05, 3.63) is 246 Å². The van der Waals surface area contributed by atoms with E-state index in [4.69, 9.17) is 0 Å². The van der Waals surface area contributed by atoms with Crippen LogP contribution in [0.4, 0.5) is 17.1 Å². The lowest BCUT2D eigenvalue weighted by Gasteiger charge is -2.34. The second kappa shape index (κ2) is 12.8. The van der Waals surface area contributed by atoms with Crippen LogP contribution in [-0.4, -0.2) is 0 Å². The number of benzene rings is 9. The molecule has 0 unspecified atom stereocenters. The topological polar surface area (TPSA) is 3.24 Å². The predicted molar refractivity (Wildman–Crippen MR) is 239 cm³/mol. The van der Waals surface area contributed by atoms with E-state index in [1.54, 1.807) is 0 Å². The average Bonchev–Trinajstić information content (AvgIpc) is 3.68. The first-order valence-electron chi connectivity index (χ1n) is 20.0. The summed E-state index contributed by atoms with van der Waals surface area (Å²) >= 11 is 0. The largest absolute Gasteiger partial charge is 0.310 e. The van der Waals surface area contributed by atoms with Gasteiger partial charge in [-0.05, 0) is 132 Å². The highest BCUT2D eigenvalue weighted by Crippen LogP contribution is 2.58. The van der Waals surface area contributed by atoms with Crippen LogP contribution in [-0.2, 0) is 10.8 Å². The number of para-hydroxylation sites is 1. The Kier molecular flexibility index (Phi) is 7.50. The molecular weight excluding hydrogens is 687 g/mol. The smallest absolute Gasteiger partial charge is 0.0714 e. The normalized spacial score (nSPS) is 14.1. The zero-order valence-electron chi connectivity index (χ0n) is 32.2. The average molecular weight is 728 g/mol. The monoisotopic (exact) mass is 727 g/mol. The van der Waals surface area contributed by atoms with Crippen LogP contribution in [0.5, 0.6) is 0 Å². The summed E-state index contributed by atoms with van der Waals surface area (Å²) in [6, 6.07) is 78.7. The maximum Gasteiger partial charge on any atom is 0.0714 e. The first kappa shape index (κ1) is 33.4. The highest BCUT2D eigenvalue weighted by molar-refractivity contribution is 5.97. The molecular formula is C56H41N. The van der Waals surface area contributed by atoms with Gasteiger partial charge in [0.15, 0.2) is 0 Å². The van der Waals surface area contributed by atoms with Gasteiger partial charge in [0, 0.05) is 22.5 Å². The molecule has 0 N–H and O–H groups in total. The highest BCUT2D eigenvalue weighted by Gasteiger charge is 2.46. The van der Waals surface area contributed by atoms with Crippen molar-refractivity contribution in [1.82, 2.24) is 0 Å². The van der Waals surface area contributed by atoms with Crippen LogP contribution in [0.3, 0.4) is 0 Å². The molecule has 2 aliphatic carbocycles. The molecule has 270 valence electrons. The Morgan fingerprint density at radius 3 is 1.51 bits per heavy atom. The zero-order valence-corrected chi connectivity index (χ0v) is 32.2. The van der Waals surface area contributed by atoms with Crippen LogP contribution < -0.4 is 4.90 Å². The van der Waals surface area contributed by atoms with Crippen LogP contribution in [0.15, 0.2) is 212 Å². The summed E-state index contributed by atoms with van der Waals surface area (Å²) < 4.78 is 0. The van der Waals surface area contributed by atoms with Gasteiger partial charge in [0.2, 0.25) is 0 Å². The maximum atomic E-state index is 2.46. The Hall–Kier alpha value is -6.96. The number of anilines is 3. The zero-order chi connectivity index (χ0) is 38.1. The molecule has 57 heavy (non-hydrogen) atoms. The van der Waals surface area contributed by atoms with Crippen molar-refractivity contribution in [2.75, 3.05) is 4.90 Å². The standard InChI is InChI=1S/C56H41N/c1-55(2)51-25-15-14-24-47(51)48-33-31-46(37-52(48)55)57(44-22-10-5-11-23-44)45-29-26-38(27-30-45)41-28-32-49-50-34-39-16-12-13-17-40(39)35-54(50)56(53(49)36-41,42-18-6-3-7-19-42)43-20-8-4-9-21-43/h3-37H,1-2H3.